The van der Waals surface area contributed by atoms with E-state index in [-0.39, 0.29) is 6.03 Å². The van der Waals surface area contributed by atoms with E-state index in [1.165, 1.54) is 4.68 Å². The molecule has 100 valence electrons. The topological polar surface area (TPSA) is 46.9 Å². The number of benzene rings is 2. The van der Waals surface area contributed by atoms with Crippen LogP contribution >= 0.6 is 0 Å². The molecular weight excluding hydrogens is 250 g/mol. The molecular formula is C16H15N3O. The van der Waals surface area contributed by atoms with E-state index in [1.807, 2.05) is 61.5 Å². The molecule has 1 heterocycles. The maximum Gasteiger partial charge on any atom is 0.342 e. The lowest BCUT2D eigenvalue weighted by Crippen LogP contribution is -2.28. The minimum absolute atomic E-state index is 0.203. The molecule has 0 radical (unpaired) electrons. The molecule has 0 aliphatic rings. The Morgan fingerprint density at radius 2 is 1.80 bits per heavy atom. The summed E-state index contributed by atoms with van der Waals surface area (Å²) in [4.78, 5) is 12.1. The van der Waals surface area contributed by atoms with E-state index in [1.54, 1.807) is 0 Å². The Morgan fingerprint density at radius 3 is 2.55 bits per heavy atom. The van der Waals surface area contributed by atoms with Crippen molar-refractivity contribution < 1.29 is 4.79 Å². The largest absolute Gasteiger partial charge is 0.342 e. The summed E-state index contributed by atoms with van der Waals surface area (Å²) in [5, 5.41) is 8.24. The van der Waals surface area contributed by atoms with Crippen molar-refractivity contribution in [2.24, 2.45) is 0 Å². The van der Waals surface area contributed by atoms with E-state index in [0.717, 1.165) is 22.2 Å². The standard InChI is InChI=1S/C16H15N3O/c1-2-17-16(20)19-14-11-7-6-10-13(14)15(18-19)12-8-4-3-5-9-12/h3-11H,2H2,1H3,(H,17,20). The van der Waals surface area contributed by atoms with Crippen LogP contribution in [0.2, 0.25) is 0 Å². The Morgan fingerprint density at radius 1 is 1.10 bits per heavy atom. The third-order valence-electron chi connectivity index (χ3n) is 3.15. The molecule has 0 fully saturated rings. The molecule has 0 aliphatic heterocycles. The molecule has 0 unspecified atom stereocenters. The van der Waals surface area contributed by atoms with Gasteiger partial charge in [0.1, 0.15) is 5.69 Å². The minimum atomic E-state index is -0.203. The lowest BCUT2D eigenvalue weighted by atomic mass is 10.1. The number of nitrogens with zero attached hydrogens (tertiary/aromatic N) is 2. The fraction of sp³-hybridized carbons (Fsp3) is 0.125. The summed E-state index contributed by atoms with van der Waals surface area (Å²) >= 11 is 0. The van der Waals surface area contributed by atoms with Crippen molar-refractivity contribution in [1.82, 2.24) is 15.1 Å². The van der Waals surface area contributed by atoms with E-state index in [2.05, 4.69) is 10.4 Å². The van der Waals surface area contributed by atoms with Crippen molar-refractivity contribution in [2.75, 3.05) is 6.54 Å². The van der Waals surface area contributed by atoms with E-state index >= 15 is 0 Å². The zero-order valence-electron chi connectivity index (χ0n) is 11.2. The highest BCUT2D eigenvalue weighted by Crippen LogP contribution is 2.27. The van der Waals surface area contributed by atoms with Crippen LogP contribution in [0.5, 0.6) is 0 Å². The average Bonchev–Trinajstić information content (AvgIpc) is 2.88. The van der Waals surface area contributed by atoms with Crippen molar-refractivity contribution in [1.29, 1.82) is 0 Å². The van der Waals surface area contributed by atoms with Gasteiger partial charge in [-0.25, -0.2) is 4.79 Å². The van der Waals surface area contributed by atoms with E-state index in [0.29, 0.717) is 6.54 Å². The Kier molecular flexibility index (Phi) is 3.21. The second-order valence-corrected chi connectivity index (χ2v) is 4.48. The SMILES string of the molecule is CCNC(=O)n1nc(-c2ccccc2)c2ccccc21. The molecule has 3 aromatic rings. The van der Waals surface area contributed by atoms with E-state index in [9.17, 15) is 4.79 Å². The number of nitrogens with one attached hydrogen (secondary N) is 1. The monoisotopic (exact) mass is 265 g/mol. The molecule has 0 saturated heterocycles. The number of hydrogen-bond acceptors (Lipinski definition) is 2. The summed E-state index contributed by atoms with van der Waals surface area (Å²) in [6.45, 7) is 2.47. The Bertz CT molecular complexity index is 747. The molecule has 1 N–H and O–H groups in total. The number of hydrogen-bond donors (Lipinski definition) is 1. The first-order valence-corrected chi connectivity index (χ1v) is 6.62. The van der Waals surface area contributed by atoms with Crippen LogP contribution in [0.25, 0.3) is 22.2 Å². The van der Waals surface area contributed by atoms with Crippen LogP contribution in [0.4, 0.5) is 4.79 Å². The lowest BCUT2D eigenvalue weighted by molar-refractivity contribution is 0.241. The van der Waals surface area contributed by atoms with Gasteiger partial charge >= 0.3 is 6.03 Å². The molecule has 20 heavy (non-hydrogen) atoms. The van der Waals surface area contributed by atoms with Crippen molar-refractivity contribution in [2.45, 2.75) is 6.92 Å². The molecule has 0 atom stereocenters. The predicted octanol–water partition coefficient (Wildman–Crippen LogP) is 3.28. The molecule has 0 spiro atoms. The van der Waals surface area contributed by atoms with Crippen LogP contribution < -0.4 is 5.32 Å². The van der Waals surface area contributed by atoms with Gasteiger partial charge < -0.3 is 5.32 Å². The van der Waals surface area contributed by atoms with Gasteiger partial charge in [0.25, 0.3) is 0 Å². The van der Waals surface area contributed by atoms with Gasteiger partial charge in [0, 0.05) is 17.5 Å². The van der Waals surface area contributed by atoms with Crippen LogP contribution in [0.3, 0.4) is 0 Å². The Hall–Kier alpha value is -2.62. The quantitative estimate of drug-likeness (QED) is 0.773. The summed E-state index contributed by atoms with van der Waals surface area (Å²) in [7, 11) is 0. The van der Waals surface area contributed by atoms with Crippen molar-refractivity contribution in [3.8, 4) is 11.3 Å². The summed E-state index contributed by atoms with van der Waals surface area (Å²) in [5.41, 5.74) is 2.65. The van der Waals surface area contributed by atoms with E-state index in [4.69, 9.17) is 0 Å². The molecule has 0 bridgehead atoms. The summed E-state index contributed by atoms with van der Waals surface area (Å²) in [5.74, 6) is 0. The molecule has 0 aliphatic carbocycles. The zero-order valence-corrected chi connectivity index (χ0v) is 11.2. The van der Waals surface area contributed by atoms with Gasteiger partial charge in [-0.1, -0.05) is 48.5 Å². The van der Waals surface area contributed by atoms with Crippen LogP contribution in [0, 0.1) is 0 Å². The van der Waals surface area contributed by atoms with Crippen molar-refractivity contribution in [3.63, 3.8) is 0 Å². The zero-order chi connectivity index (χ0) is 13.9. The first kappa shape index (κ1) is 12.4. The highest BCUT2D eigenvalue weighted by Gasteiger charge is 2.15. The second kappa shape index (κ2) is 5.17. The van der Waals surface area contributed by atoms with Gasteiger partial charge in [-0.3, -0.25) is 0 Å². The third-order valence-corrected chi connectivity index (χ3v) is 3.15. The number of carbonyl (C=O) groups is 1. The van der Waals surface area contributed by atoms with Gasteiger partial charge in [-0.05, 0) is 13.0 Å². The average molecular weight is 265 g/mol. The number of fused-ring (bicyclic) bond motifs is 1. The highest BCUT2D eigenvalue weighted by atomic mass is 16.2. The third kappa shape index (κ3) is 2.05. The minimum Gasteiger partial charge on any atom is -0.336 e. The fourth-order valence-corrected chi connectivity index (χ4v) is 2.26. The molecule has 0 saturated carbocycles. The van der Waals surface area contributed by atoms with Gasteiger partial charge in [0.05, 0.1) is 5.52 Å². The maximum absolute atomic E-state index is 12.1. The summed E-state index contributed by atoms with van der Waals surface area (Å²) in [6.07, 6.45) is 0. The van der Waals surface area contributed by atoms with Crippen LogP contribution in [0.15, 0.2) is 54.6 Å². The first-order valence-electron chi connectivity index (χ1n) is 6.62. The first-order chi connectivity index (χ1) is 9.81. The van der Waals surface area contributed by atoms with Gasteiger partial charge in [-0.15, -0.1) is 0 Å². The highest BCUT2D eigenvalue weighted by molar-refractivity contribution is 5.98. The maximum atomic E-state index is 12.1. The number of carbonyl (C=O) groups excluding carboxylic acids is 1. The van der Waals surface area contributed by atoms with E-state index < -0.39 is 0 Å². The summed E-state index contributed by atoms with van der Waals surface area (Å²) in [6, 6.07) is 17.5. The van der Waals surface area contributed by atoms with Crippen molar-refractivity contribution >= 4 is 16.9 Å². The molecule has 2 aromatic carbocycles. The molecule has 4 heteroatoms. The number of para-hydroxylation sites is 1. The fourth-order valence-electron chi connectivity index (χ4n) is 2.26. The predicted molar refractivity (Wildman–Crippen MR) is 79.6 cm³/mol. The number of amides is 1. The van der Waals surface area contributed by atoms with Crippen LogP contribution in [-0.2, 0) is 0 Å². The number of aromatic nitrogens is 2. The van der Waals surface area contributed by atoms with Gasteiger partial charge in [0.2, 0.25) is 0 Å². The van der Waals surface area contributed by atoms with Gasteiger partial charge in [0.15, 0.2) is 0 Å². The Balaban J connectivity index is 2.22. The number of rotatable bonds is 2. The molecule has 4 nitrogen and oxygen atoms in total. The van der Waals surface area contributed by atoms with Gasteiger partial charge in [-0.2, -0.15) is 9.78 Å². The lowest BCUT2D eigenvalue weighted by Gasteiger charge is -2.02. The second-order valence-electron chi connectivity index (χ2n) is 4.48. The van der Waals surface area contributed by atoms with Crippen molar-refractivity contribution in [3.05, 3.63) is 54.6 Å². The summed E-state index contributed by atoms with van der Waals surface area (Å²) < 4.78 is 1.43. The molecule has 1 aromatic heterocycles. The van der Waals surface area contributed by atoms with Crippen LogP contribution in [0.1, 0.15) is 6.92 Å². The molecule has 3 rings (SSSR count). The Labute approximate surface area is 117 Å². The molecule has 1 amide bonds. The smallest absolute Gasteiger partial charge is 0.336 e. The normalized spacial score (nSPS) is 10.7. The van der Waals surface area contributed by atoms with Crippen LogP contribution in [-0.4, -0.2) is 22.4 Å².